The molecule has 3 rings (SSSR count). The zero-order valence-electron chi connectivity index (χ0n) is 17.0. The molecule has 1 N–H and O–H groups in total. The molecule has 152 valence electrons. The molecule has 2 unspecified atom stereocenters. The fourth-order valence-electron chi connectivity index (χ4n) is 3.02. The van der Waals surface area contributed by atoms with Crippen LogP contribution >= 0.6 is 0 Å². The number of amides is 1. The Hall–Kier alpha value is -2.54. The second kappa shape index (κ2) is 8.65. The van der Waals surface area contributed by atoms with Crippen molar-refractivity contribution in [2.45, 2.75) is 45.8 Å². The van der Waals surface area contributed by atoms with Crippen LogP contribution in [0.4, 0.5) is 4.79 Å². The average molecular weight is 387 g/mol. The summed E-state index contributed by atoms with van der Waals surface area (Å²) in [4.78, 5) is 12.1. The zero-order chi connectivity index (χ0) is 20.1. The van der Waals surface area contributed by atoms with Crippen LogP contribution in [-0.2, 0) is 9.47 Å². The Labute approximate surface area is 166 Å². The van der Waals surface area contributed by atoms with Gasteiger partial charge < -0.3 is 19.5 Å². The monoisotopic (exact) mass is 387 g/mol. The number of alkyl carbamates (subject to hydrolysis) is 1. The third-order valence-corrected chi connectivity index (χ3v) is 4.43. The zero-order valence-corrected chi connectivity index (χ0v) is 17.0. The van der Waals surface area contributed by atoms with Gasteiger partial charge >= 0.3 is 6.09 Å². The van der Waals surface area contributed by atoms with Crippen LogP contribution in [0.25, 0.3) is 5.69 Å². The molecule has 0 bridgehead atoms. The van der Waals surface area contributed by atoms with E-state index in [2.05, 4.69) is 10.4 Å². The summed E-state index contributed by atoms with van der Waals surface area (Å²) in [5.74, 6) is 0.754. The minimum atomic E-state index is -0.400. The summed E-state index contributed by atoms with van der Waals surface area (Å²) in [5, 5.41) is 7.23. The Morgan fingerprint density at radius 2 is 2.04 bits per heavy atom. The van der Waals surface area contributed by atoms with Gasteiger partial charge in [0.2, 0.25) is 0 Å². The third kappa shape index (κ3) is 5.73. The number of aromatic nitrogens is 2. The maximum Gasteiger partial charge on any atom is 0.407 e. The van der Waals surface area contributed by atoms with Crippen LogP contribution in [0.5, 0.6) is 5.75 Å². The van der Waals surface area contributed by atoms with Crippen LogP contribution in [0.3, 0.4) is 0 Å². The van der Waals surface area contributed by atoms with Crippen LogP contribution in [0.1, 0.15) is 32.9 Å². The number of ether oxygens (including phenoxy) is 3. The molecule has 1 saturated heterocycles. The highest BCUT2D eigenvalue weighted by Crippen LogP contribution is 2.22. The predicted octanol–water partition coefficient (Wildman–Crippen LogP) is 3.49. The van der Waals surface area contributed by atoms with E-state index in [1.165, 1.54) is 0 Å². The van der Waals surface area contributed by atoms with Crippen molar-refractivity contribution in [3.8, 4) is 11.4 Å². The van der Waals surface area contributed by atoms with E-state index in [9.17, 15) is 4.79 Å². The number of nitrogens with one attached hydrogen (secondary N) is 1. The van der Waals surface area contributed by atoms with Crippen LogP contribution in [0, 0.1) is 12.8 Å². The van der Waals surface area contributed by atoms with Crippen molar-refractivity contribution in [3.63, 3.8) is 0 Å². The number of benzene rings is 1. The lowest BCUT2D eigenvalue weighted by Crippen LogP contribution is -2.46. The van der Waals surface area contributed by atoms with Gasteiger partial charge in [-0.25, -0.2) is 9.48 Å². The van der Waals surface area contributed by atoms with E-state index >= 15 is 0 Å². The number of nitrogens with zero attached hydrogens (tertiary/aromatic N) is 2. The topological polar surface area (TPSA) is 74.6 Å². The molecule has 1 aromatic heterocycles. The fourth-order valence-corrected chi connectivity index (χ4v) is 3.02. The molecule has 7 heteroatoms. The minimum absolute atomic E-state index is 0.00656. The van der Waals surface area contributed by atoms with Crippen molar-refractivity contribution in [1.82, 2.24) is 15.1 Å². The first kappa shape index (κ1) is 20.2. The largest absolute Gasteiger partial charge is 0.493 e. The number of carbonyl (C=O) groups excluding carboxylic acids is 1. The van der Waals surface area contributed by atoms with Gasteiger partial charge in [-0.3, -0.25) is 0 Å². The third-order valence-electron chi connectivity index (χ3n) is 4.43. The summed E-state index contributed by atoms with van der Waals surface area (Å²) in [5.41, 5.74) is 1.61. The first-order chi connectivity index (χ1) is 13.3. The van der Waals surface area contributed by atoms with E-state index < -0.39 is 6.09 Å². The number of carbonyl (C=O) groups is 1. The second-order valence-corrected chi connectivity index (χ2v) is 8.15. The van der Waals surface area contributed by atoms with Crippen LogP contribution in [0.15, 0.2) is 36.5 Å². The fraction of sp³-hybridized carbons (Fsp3) is 0.524. The molecule has 1 amide bonds. The average Bonchev–Trinajstić information content (AvgIpc) is 3.06. The first-order valence-electron chi connectivity index (χ1n) is 9.62. The van der Waals surface area contributed by atoms with E-state index in [0.717, 1.165) is 17.1 Å². The highest BCUT2D eigenvalue weighted by atomic mass is 16.6. The van der Waals surface area contributed by atoms with Gasteiger partial charge in [0.1, 0.15) is 11.9 Å². The normalized spacial score (nSPS) is 19.9. The van der Waals surface area contributed by atoms with Gasteiger partial charge in [0, 0.05) is 18.2 Å². The van der Waals surface area contributed by atoms with Gasteiger partial charge in [0.05, 0.1) is 37.1 Å². The van der Waals surface area contributed by atoms with Crippen molar-refractivity contribution in [3.05, 3.63) is 42.2 Å². The quantitative estimate of drug-likeness (QED) is 0.850. The Balaban J connectivity index is 1.55. The van der Waals surface area contributed by atoms with Gasteiger partial charge in [-0.05, 0) is 58.0 Å². The molecular formula is C21H29N3O4. The number of hydrogen-bond acceptors (Lipinski definition) is 5. The van der Waals surface area contributed by atoms with Crippen LogP contribution < -0.4 is 10.1 Å². The van der Waals surface area contributed by atoms with E-state index in [1.807, 2.05) is 68.9 Å². The summed E-state index contributed by atoms with van der Waals surface area (Å²) in [6.45, 7) is 9.25. The summed E-state index contributed by atoms with van der Waals surface area (Å²) in [6.07, 6.45) is 1.98. The highest BCUT2D eigenvalue weighted by Gasteiger charge is 2.30. The molecule has 1 aromatic carbocycles. The lowest BCUT2D eigenvalue weighted by molar-refractivity contribution is -0.0569. The first-order valence-corrected chi connectivity index (χ1v) is 9.62. The van der Waals surface area contributed by atoms with Gasteiger partial charge in [-0.2, -0.15) is 5.10 Å². The summed E-state index contributed by atoms with van der Waals surface area (Å²) in [7, 11) is 0. The van der Waals surface area contributed by atoms with Gasteiger partial charge in [-0.1, -0.05) is 0 Å². The SMILES string of the molecule is Cc1ccn(-c2ccc(OCC3COCCC3OC(=O)NC(C)(C)C)cc2)n1. The van der Waals surface area contributed by atoms with Gasteiger partial charge in [0.25, 0.3) is 0 Å². The Morgan fingerprint density at radius 1 is 1.29 bits per heavy atom. The molecule has 1 fully saturated rings. The summed E-state index contributed by atoms with van der Waals surface area (Å²) >= 11 is 0. The molecule has 0 spiro atoms. The van der Waals surface area contributed by atoms with Crippen molar-refractivity contribution < 1.29 is 19.0 Å². The molecule has 7 nitrogen and oxygen atoms in total. The van der Waals surface area contributed by atoms with E-state index in [1.54, 1.807) is 0 Å². The van der Waals surface area contributed by atoms with E-state index in [4.69, 9.17) is 14.2 Å². The summed E-state index contributed by atoms with van der Waals surface area (Å²) in [6, 6.07) is 9.72. The van der Waals surface area contributed by atoms with E-state index in [0.29, 0.717) is 26.2 Å². The van der Waals surface area contributed by atoms with Crippen molar-refractivity contribution >= 4 is 6.09 Å². The molecule has 1 aliphatic heterocycles. The maximum absolute atomic E-state index is 12.1. The Kier molecular flexibility index (Phi) is 6.24. The van der Waals surface area contributed by atoms with Gasteiger partial charge in [-0.15, -0.1) is 0 Å². The number of aryl methyl sites for hydroxylation is 1. The standard InChI is InChI=1S/C21H29N3O4/c1-15-9-11-24(23-15)17-5-7-18(8-6-17)27-14-16-13-26-12-10-19(16)28-20(25)22-21(2,3)4/h5-9,11,16,19H,10,12-14H2,1-4H3,(H,22,25). The molecule has 2 aromatic rings. The van der Waals surface area contributed by atoms with Crippen LogP contribution in [0.2, 0.25) is 0 Å². The smallest absolute Gasteiger partial charge is 0.407 e. The van der Waals surface area contributed by atoms with E-state index in [-0.39, 0.29) is 17.6 Å². The molecular weight excluding hydrogens is 358 g/mol. The molecule has 0 aliphatic carbocycles. The molecule has 0 saturated carbocycles. The van der Waals surface area contributed by atoms with Crippen molar-refractivity contribution in [1.29, 1.82) is 0 Å². The second-order valence-electron chi connectivity index (χ2n) is 8.15. The molecule has 28 heavy (non-hydrogen) atoms. The molecule has 1 aliphatic rings. The Bertz CT molecular complexity index is 780. The number of rotatable bonds is 5. The Morgan fingerprint density at radius 3 is 2.68 bits per heavy atom. The lowest BCUT2D eigenvalue weighted by atomic mass is 9.99. The minimum Gasteiger partial charge on any atom is -0.493 e. The number of hydrogen-bond donors (Lipinski definition) is 1. The van der Waals surface area contributed by atoms with Crippen LogP contribution in [-0.4, -0.2) is 47.3 Å². The molecule has 2 atom stereocenters. The lowest BCUT2D eigenvalue weighted by Gasteiger charge is -2.32. The van der Waals surface area contributed by atoms with Gasteiger partial charge in [0.15, 0.2) is 0 Å². The van der Waals surface area contributed by atoms with Crippen molar-refractivity contribution in [2.24, 2.45) is 5.92 Å². The molecule has 0 radical (unpaired) electrons. The predicted molar refractivity (Wildman–Crippen MR) is 106 cm³/mol. The summed E-state index contributed by atoms with van der Waals surface area (Å²) < 4.78 is 18.9. The van der Waals surface area contributed by atoms with Crippen molar-refractivity contribution in [2.75, 3.05) is 19.8 Å². The highest BCUT2D eigenvalue weighted by molar-refractivity contribution is 5.68. The maximum atomic E-state index is 12.1. The molecule has 2 heterocycles.